The monoisotopic (exact) mass is 271 g/mol. The zero-order valence-electron chi connectivity index (χ0n) is 13.6. The van der Waals surface area contributed by atoms with Gasteiger partial charge in [0.2, 0.25) is 0 Å². The van der Waals surface area contributed by atoms with Crippen molar-refractivity contribution in [1.82, 2.24) is 4.90 Å². The van der Waals surface area contributed by atoms with Crippen molar-refractivity contribution in [3.63, 3.8) is 0 Å². The summed E-state index contributed by atoms with van der Waals surface area (Å²) >= 11 is 0. The van der Waals surface area contributed by atoms with Crippen LogP contribution in [0.3, 0.4) is 0 Å². The molecule has 0 fully saturated rings. The smallest absolute Gasteiger partial charge is 0.410 e. The van der Waals surface area contributed by atoms with E-state index >= 15 is 0 Å². The van der Waals surface area contributed by atoms with Crippen molar-refractivity contribution in [2.24, 2.45) is 5.92 Å². The fraction of sp³-hybridized carbons (Fsp3) is 0.867. The van der Waals surface area contributed by atoms with Crippen molar-refractivity contribution >= 4 is 12.4 Å². The van der Waals surface area contributed by atoms with Crippen molar-refractivity contribution in [3.05, 3.63) is 0 Å². The van der Waals surface area contributed by atoms with E-state index in [1.165, 1.54) is 0 Å². The number of carbonyl (C=O) groups is 2. The number of ether oxygens (including phenoxy) is 1. The van der Waals surface area contributed by atoms with Crippen LogP contribution >= 0.6 is 0 Å². The lowest BCUT2D eigenvalue weighted by Crippen LogP contribution is -2.55. The standard InChI is InChI=1S/C15H29NO3/c1-11(2)12(9-10-17)16(14(3,4)5)13(18)19-15(6,7)8/h10-12H,9H2,1-8H3. The van der Waals surface area contributed by atoms with Crippen molar-refractivity contribution in [2.75, 3.05) is 0 Å². The van der Waals surface area contributed by atoms with E-state index in [1.54, 1.807) is 4.90 Å². The number of aldehydes is 1. The van der Waals surface area contributed by atoms with Crippen LogP contribution in [0, 0.1) is 5.92 Å². The van der Waals surface area contributed by atoms with E-state index in [2.05, 4.69) is 0 Å². The second-order valence-corrected chi connectivity index (χ2v) is 7.23. The van der Waals surface area contributed by atoms with Gasteiger partial charge < -0.3 is 9.53 Å². The first-order chi connectivity index (χ1) is 8.40. The Labute approximate surface area is 117 Å². The first-order valence-corrected chi connectivity index (χ1v) is 6.86. The summed E-state index contributed by atoms with van der Waals surface area (Å²) in [7, 11) is 0. The van der Waals surface area contributed by atoms with Gasteiger partial charge in [0.15, 0.2) is 0 Å². The molecular formula is C15H29NO3. The normalized spacial score (nSPS) is 14.2. The maximum absolute atomic E-state index is 12.4. The molecule has 112 valence electrons. The van der Waals surface area contributed by atoms with Gasteiger partial charge in [0, 0.05) is 18.0 Å². The Kier molecular flexibility index (Phi) is 6.04. The Balaban J connectivity index is 5.31. The van der Waals surface area contributed by atoms with Gasteiger partial charge in [-0.25, -0.2) is 4.79 Å². The molecule has 19 heavy (non-hydrogen) atoms. The molecule has 1 unspecified atom stereocenters. The van der Waals surface area contributed by atoms with Crippen LogP contribution in [0.5, 0.6) is 0 Å². The molecule has 0 aromatic rings. The second-order valence-electron chi connectivity index (χ2n) is 7.23. The van der Waals surface area contributed by atoms with E-state index in [0.717, 1.165) is 6.29 Å². The predicted octanol–water partition coefficient (Wildman–Crippen LogP) is 3.64. The van der Waals surface area contributed by atoms with Gasteiger partial charge in [-0.1, -0.05) is 13.8 Å². The number of carbonyl (C=O) groups excluding carboxylic acids is 2. The molecule has 0 aliphatic heterocycles. The van der Waals surface area contributed by atoms with E-state index in [-0.39, 0.29) is 23.6 Å². The van der Waals surface area contributed by atoms with Crippen molar-refractivity contribution in [2.45, 2.75) is 79.0 Å². The molecule has 0 aromatic heterocycles. The van der Waals surface area contributed by atoms with Gasteiger partial charge in [-0.2, -0.15) is 0 Å². The molecule has 0 aliphatic rings. The largest absolute Gasteiger partial charge is 0.444 e. The summed E-state index contributed by atoms with van der Waals surface area (Å²) in [4.78, 5) is 25.0. The molecule has 1 amide bonds. The van der Waals surface area contributed by atoms with Crippen LogP contribution in [0.2, 0.25) is 0 Å². The Morgan fingerprint density at radius 3 is 1.89 bits per heavy atom. The molecule has 0 rings (SSSR count). The molecule has 0 bridgehead atoms. The maximum atomic E-state index is 12.4. The lowest BCUT2D eigenvalue weighted by molar-refractivity contribution is -0.109. The maximum Gasteiger partial charge on any atom is 0.410 e. The molecule has 0 heterocycles. The molecule has 4 nitrogen and oxygen atoms in total. The SMILES string of the molecule is CC(C)C(CC=O)N(C(=O)OC(C)(C)C)C(C)(C)C. The van der Waals surface area contributed by atoms with Crippen molar-refractivity contribution in [1.29, 1.82) is 0 Å². The van der Waals surface area contributed by atoms with E-state index in [9.17, 15) is 9.59 Å². The van der Waals surface area contributed by atoms with Gasteiger partial charge >= 0.3 is 6.09 Å². The first kappa shape index (κ1) is 17.9. The Morgan fingerprint density at radius 1 is 1.16 bits per heavy atom. The minimum atomic E-state index is -0.538. The third kappa shape index (κ3) is 6.08. The van der Waals surface area contributed by atoms with Crippen LogP contribution < -0.4 is 0 Å². The van der Waals surface area contributed by atoms with Crippen LogP contribution in [-0.4, -0.2) is 34.5 Å². The number of nitrogens with zero attached hydrogens (tertiary/aromatic N) is 1. The highest BCUT2D eigenvalue weighted by atomic mass is 16.6. The van der Waals surface area contributed by atoms with Gasteiger partial charge in [0.05, 0.1) is 0 Å². The minimum Gasteiger partial charge on any atom is -0.444 e. The summed E-state index contributed by atoms with van der Waals surface area (Å²) in [6, 6.07) is -0.146. The summed E-state index contributed by atoms with van der Waals surface area (Å²) in [5.41, 5.74) is -0.927. The van der Waals surface area contributed by atoms with E-state index < -0.39 is 5.60 Å². The lowest BCUT2D eigenvalue weighted by Gasteiger charge is -2.43. The van der Waals surface area contributed by atoms with Gasteiger partial charge in [-0.15, -0.1) is 0 Å². The van der Waals surface area contributed by atoms with Gasteiger partial charge in [-0.3, -0.25) is 4.90 Å². The number of hydrogen-bond acceptors (Lipinski definition) is 3. The highest BCUT2D eigenvalue weighted by molar-refractivity contribution is 5.70. The van der Waals surface area contributed by atoms with Crippen LogP contribution in [0.1, 0.15) is 61.8 Å². The van der Waals surface area contributed by atoms with Crippen LogP contribution in [-0.2, 0) is 9.53 Å². The Bertz CT molecular complexity index is 310. The lowest BCUT2D eigenvalue weighted by atomic mass is 9.94. The van der Waals surface area contributed by atoms with Gasteiger partial charge in [0.1, 0.15) is 11.9 Å². The Hall–Kier alpha value is -1.06. The summed E-state index contributed by atoms with van der Waals surface area (Å²) < 4.78 is 5.47. The predicted molar refractivity (Wildman–Crippen MR) is 77.1 cm³/mol. The highest BCUT2D eigenvalue weighted by Crippen LogP contribution is 2.26. The summed E-state index contributed by atoms with van der Waals surface area (Å²) in [6.45, 7) is 15.4. The van der Waals surface area contributed by atoms with Gasteiger partial charge in [-0.05, 0) is 47.5 Å². The summed E-state index contributed by atoms with van der Waals surface area (Å²) in [5, 5.41) is 0. The van der Waals surface area contributed by atoms with Crippen LogP contribution in [0.15, 0.2) is 0 Å². The average molecular weight is 271 g/mol. The summed E-state index contributed by atoms with van der Waals surface area (Å²) in [6.07, 6.45) is 0.836. The fourth-order valence-electron chi connectivity index (χ4n) is 1.99. The summed E-state index contributed by atoms with van der Waals surface area (Å²) in [5.74, 6) is 0.192. The number of hydrogen-bond donors (Lipinski definition) is 0. The minimum absolute atomic E-state index is 0.146. The molecular weight excluding hydrogens is 242 g/mol. The zero-order valence-corrected chi connectivity index (χ0v) is 13.6. The van der Waals surface area contributed by atoms with Crippen LogP contribution in [0.4, 0.5) is 4.79 Å². The molecule has 4 heteroatoms. The first-order valence-electron chi connectivity index (χ1n) is 6.86. The molecule has 0 saturated heterocycles. The molecule has 0 radical (unpaired) electrons. The highest BCUT2D eigenvalue weighted by Gasteiger charge is 2.37. The number of amides is 1. The molecule has 1 atom stereocenters. The Morgan fingerprint density at radius 2 is 1.63 bits per heavy atom. The molecule has 0 spiro atoms. The third-order valence-corrected chi connectivity index (χ3v) is 2.75. The van der Waals surface area contributed by atoms with Gasteiger partial charge in [0.25, 0.3) is 0 Å². The third-order valence-electron chi connectivity index (χ3n) is 2.75. The van der Waals surface area contributed by atoms with Crippen molar-refractivity contribution in [3.8, 4) is 0 Å². The van der Waals surface area contributed by atoms with Crippen LogP contribution in [0.25, 0.3) is 0 Å². The zero-order chi connectivity index (χ0) is 15.4. The van der Waals surface area contributed by atoms with E-state index in [0.29, 0.717) is 6.42 Å². The molecule has 0 N–H and O–H groups in total. The quantitative estimate of drug-likeness (QED) is 0.733. The average Bonchev–Trinajstić information content (AvgIpc) is 2.11. The molecule has 0 aromatic carbocycles. The van der Waals surface area contributed by atoms with E-state index in [1.807, 2.05) is 55.4 Å². The molecule has 0 aliphatic carbocycles. The number of rotatable bonds is 4. The second kappa shape index (κ2) is 6.40. The fourth-order valence-corrected chi connectivity index (χ4v) is 1.99. The van der Waals surface area contributed by atoms with E-state index in [4.69, 9.17) is 4.74 Å². The van der Waals surface area contributed by atoms with Crippen molar-refractivity contribution < 1.29 is 14.3 Å². The topological polar surface area (TPSA) is 46.6 Å². The molecule has 0 saturated carbocycles.